The second-order valence-corrected chi connectivity index (χ2v) is 5.04. The molecule has 0 saturated carbocycles. The summed E-state index contributed by atoms with van der Waals surface area (Å²) in [6, 6.07) is 12.0. The number of hydrogen-bond acceptors (Lipinski definition) is 5. The molecule has 2 N–H and O–H groups in total. The molecule has 3 rings (SSSR count). The minimum atomic E-state index is -1.07. The Morgan fingerprint density at radius 3 is 2.74 bits per heavy atom. The van der Waals surface area contributed by atoms with Gasteiger partial charge in [0.05, 0.1) is 23.9 Å². The summed E-state index contributed by atoms with van der Waals surface area (Å²) in [5.41, 5.74) is 1.13. The van der Waals surface area contributed by atoms with Gasteiger partial charge in [-0.25, -0.2) is 9.78 Å². The second-order valence-electron chi connectivity index (χ2n) is 4.70. The van der Waals surface area contributed by atoms with Gasteiger partial charge in [-0.1, -0.05) is 12.1 Å². The maximum atomic E-state index is 11.5. The summed E-state index contributed by atoms with van der Waals surface area (Å²) < 4.78 is 5.06. The standard InChI is InChI=1S/C16H12ClN3O3/c1-23-9-6-7-13(11(8-9)15(21)22)18-14-10-4-2-3-5-12(10)19-16(17)20-14/h2-8H,1H3,(H,21,22)(H,18,19,20). The van der Waals surface area contributed by atoms with E-state index in [0.29, 0.717) is 22.8 Å². The van der Waals surface area contributed by atoms with Crippen LogP contribution in [0.4, 0.5) is 11.5 Å². The monoisotopic (exact) mass is 329 g/mol. The van der Waals surface area contributed by atoms with Gasteiger partial charge in [-0.3, -0.25) is 0 Å². The number of nitrogens with one attached hydrogen (secondary N) is 1. The average Bonchev–Trinajstić information content (AvgIpc) is 2.54. The molecule has 0 atom stereocenters. The van der Waals surface area contributed by atoms with Crippen LogP contribution in [0, 0.1) is 0 Å². The topological polar surface area (TPSA) is 84.3 Å². The molecule has 0 saturated heterocycles. The zero-order valence-corrected chi connectivity index (χ0v) is 12.8. The zero-order chi connectivity index (χ0) is 16.4. The van der Waals surface area contributed by atoms with Gasteiger partial charge in [0.15, 0.2) is 0 Å². The first-order valence-electron chi connectivity index (χ1n) is 6.69. The minimum absolute atomic E-state index is 0.0724. The maximum absolute atomic E-state index is 11.5. The number of aromatic nitrogens is 2. The number of ether oxygens (including phenoxy) is 1. The third kappa shape index (κ3) is 3.02. The van der Waals surface area contributed by atoms with E-state index >= 15 is 0 Å². The van der Waals surface area contributed by atoms with E-state index in [0.717, 1.165) is 5.39 Å². The highest BCUT2D eigenvalue weighted by Crippen LogP contribution is 2.29. The molecule has 3 aromatic rings. The van der Waals surface area contributed by atoms with Gasteiger partial charge >= 0.3 is 5.97 Å². The predicted molar refractivity (Wildman–Crippen MR) is 87.8 cm³/mol. The fraction of sp³-hybridized carbons (Fsp3) is 0.0625. The van der Waals surface area contributed by atoms with E-state index in [2.05, 4.69) is 15.3 Å². The van der Waals surface area contributed by atoms with Gasteiger partial charge in [-0.2, -0.15) is 4.98 Å². The summed E-state index contributed by atoms with van der Waals surface area (Å²) in [5, 5.41) is 13.2. The molecule has 0 aliphatic heterocycles. The number of benzene rings is 2. The number of para-hydroxylation sites is 1. The van der Waals surface area contributed by atoms with Crippen LogP contribution < -0.4 is 10.1 Å². The van der Waals surface area contributed by atoms with Gasteiger partial charge in [0.1, 0.15) is 11.6 Å². The summed E-state index contributed by atoms with van der Waals surface area (Å²) in [6.45, 7) is 0. The number of halogens is 1. The van der Waals surface area contributed by atoms with Gasteiger partial charge < -0.3 is 15.2 Å². The van der Waals surface area contributed by atoms with Crippen LogP contribution in [0.5, 0.6) is 5.75 Å². The van der Waals surface area contributed by atoms with E-state index in [1.807, 2.05) is 18.2 Å². The zero-order valence-electron chi connectivity index (χ0n) is 12.1. The Morgan fingerprint density at radius 1 is 1.22 bits per heavy atom. The van der Waals surface area contributed by atoms with Crippen LogP contribution in [-0.4, -0.2) is 28.2 Å². The van der Waals surface area contributed by atoms with Crippen molar-refractivity contribution in [3.63, 3.8) is 0 Å². The molecule has 0 aliphatic rings. The minimum Gasteiger partial charge on any atom is -0.497 e. The molecular weight excluding hydrogens is 318 g/mol. The van der Waals surface area contributed by atoms with Crippen molar-refractivity contribution in [2.45, 2.75) is 0 Å². The number of carbonyl (C=O) groups is 1. The first-order valence-corrected chi connectivity index (χ1v) is 7.07. The lowest BCUT2D eigenvalue weighted by Gasteiger charge is -2.12. The highest BCUT2D eigenvalue weighted by molar-refractivity contribution is 6.28. The molecular formula is C16H12ClN3O3. The van der Waals surface area contributed by atoms with Crippen molar-refractivity contribution in [3.05, 3.63) is 53.3 Å². The Hall–Kier alpha value is -2.86. The highest BCUT2D eigenvalue weighted by Gasteiger charge is 2.14. The third-order valence-corrected chi connectivity index (χ3v) is 3.46. The molecule has 0 spiro atoms. The van der Waals surface area contributed by atoms with Crippen molar-refractivity contribution in [2.75, 3.05) is 12.4 Å². The van der Waals surface area contributed by atoms with Gasteiger partial charge in [0, 0.05) is 5.39 Å². The molecule has 6 nitrogen and oxygen atoms in total. The van der Waals surface area contributed by atoms with E-state index in [1.165, 1.54) is 13.2 Å². The normalized spacial score (nSPS) is 10.5. The van der Waals surface area contributed by atoms with Crippen LogP contribution >= 0.6 is 11.6 Å². The number of methoxy groups -OCH3 is 1. The van der Waals surface area contributed by atoms with Gasteiger partial charge in [-0.05, 0) is 41.9 Å². The number of carboxylic acids is 1. The number of carboxylic acid groups (broad SMARTS) is 1. The van der Waals surface area contributed by atoms with Crippen molar-refractivity contribution in [2.24, 2.45) is 0 Å². The largest absolute Gasteiger partial charge is 0.497 e. The Morgan fingerprint density at radius 2 is 2.00 bits per heavy atom. The smallest absolute Gasteiger partial charge is 0.337 e. The molecule has 0 bridgehead atoms. The van der Waals surface area contributed by atoms with E-state index in [1.54, 1.807) is 18.2 Å². The summed E-state index contributed by atoms with van der Waals surface area (Å²) in [6.07, 6.45) is 0. The van der Waals surface area contributed by atoms with Crippen LogP contribution in [0.2, 0.25) is 5.28 Å². The SMILES string of the molecule is COc1ccc(Nc2nc(Cl)nc3ccccc23)c(C(=O)O)c1. The number of rotatable bonds is 4. The number of aromatic carboxylic acids is 1. The number of hydrogen-bond donors (Lipinski definition) is 2. The second kappa shape index (κ2) is 6.10. The molecule has 1 aromatic heterocycles. The number of anilines is 2. The van der Waals surface area contributed by atoms with Crippen LogP contribution in [0.15, 0.2) is 42.5 Å². The van der Waals surface area contributed by atoms with Crippen molar-refractivity contribution in [3.8, 4) is 5.75 Å². The fourth-order valence-electron chi connectivity index (χ4n) is 2.21. The van der Waals surface area contributed by atoms with Gasteiger partial charge in [-0.15, -0.1) is 0 Å². The first kappa shape index (κ1) is 15.1. The van der Waals surface area contributed by atoms with Crippen molar-refractivity contribution >= 4 is 40.0 Å². The maximum Gasteiger partial charge on any atom is 0.337 e. The quantitative estimate of drug-likeness (QED) is 0.709. The average molecular weight is 330 g/mol. The molecule has 23 heavy (non-hydrogen) atoms. The lowest BCUT2D eigenvalue weighted by atomic mass is 10.1. The van der Waals surface area contributed by atoms with E-state index in [9.17, 15) is 9.90 Å². The van der Waals surface area contributed by atoms with Gasteiger partial charge in [0.25, 0.3) is 0 Å². The molecule has 0 fully saturated rings. The summed E-state index contributed by atoms with van der Waals surface area (Å²) in [5.74, 6) is -0.178. The van der Waals surface area contributed by atoms with Crippen molar-refractivity contribution in [1.82, 2.24) is 9.97 Å². The summed E-state index contributed by atoms with van der Waals surface area (Å²) in [4.78, 5) is 19.8. The summed E-state index contributed by atoms with van der Waals surface area (Å²) in [7, 11) is 1.48. The van der Waals surface area contributed by atoms with Crippen LogP contribution in [0.25, 0.3) is 10.9 Å². The number of fused-ring (bicyclic) bond motifs is 1. The first-order chi connectivity index (χ1) is 11.1. The molecule has 0 unspecified atom stereocenters. The predicted octanol–water partition coefficient (Wildman–Crippen LogP) is 3.73. The van der Waals surface area contributed by atoms with Crippen LogP contribution in [0.1, 0.15) is 10.4 Å². The molecule has 2 aromatic carbocycles. The lowest BCUT2D eigenvalue weighted by molar-refractivity contribution is 0.0697. The Kier molecular flexibility index (Phi) is 3.99. The molecule has 0 aliphatic carbocycles. The molecule has 7 heteroatoms. The molecule has 1 heterocycles. The van der Waals surface area contributed by atoms with E-state index in [-0.39, 0.29) is 10.8 Å². The van der Waals surface area contributed by atoms with Gasteiger partial charge in [0.2, 0.25) is 5.28 Å². The highest BCUT2D eigenvalue weighted by atomic mass is 35.5. The van der Waals surface area contributed by atoms with E-state index < -0.39 is 5.97 Å². The van der Waals surface area contributed by atoms with Crippen molar-refractivity contribution < 1.29 is 14.6 Å². The fourth-order valence-corrected chi connectivity index (χ4v) is 2.38. The Bertz CT molecular complexity index is 899. The lowest BCUT2D eigenvalue weighted by Crippen LogP contribution is -2.05. The Balaban J connectivity index is 2.11. The van der Waals surface area contributed by atoms with Crippen LogP contribution in [0.3, 0.4) is 0 Å². The molecule has 116 valence electrons. The molecule has 0 radical (unpaired) electrons. The Labute approximate surface area is 136 Å². The third-order valence-electron chi connectivity index (χ3n) is 3.29. The van der Waals surface area contributed by atoms with Crippen LogP contribution in [-0.2, 0) is 0 Å². The summed E-state index contributed by atoms with van der Waals surface area (Å²) >= 11 is 5.94. The number of nitrogens with zero attached hydrogens (tertiary/aromatic N) is 2. The van der Waals surface area contributed by atoms with E-state index in [4.69, 9.17) is 16.3 Å². The molecule has 0 amide bonds. The van der Waals surface area contributed by atoms with Crippen molar-refractivity contribution in [1.29, 1.82) is 0 Å².